The van der Waals surface area contributed by atoms with Gasteiger partial charge in [0.15, 0.2) is 0 Å². The van der Waals surface area contributed by atoms with E-state index in [0.717, 1.165) is 26.2 Å². The molecule has 0 spiro atoms. The monoisotopic (exact) mass is 271 g/mol. The van der Waals surface area contributed by atoms with Crippen LogP contribution in [0.2, 0.25) is 0 Å². The Morgan fingerprint density at radius 3 is 2.47 bits per heavy atom. The summed E-state index contributed by atoms with van der Waals surface area (Å²) in [5, 5.41) is 11.1. The quantitative estimate of drug-likeness (QED) is 0.526. The van der Waals surface area contributed by atoms with E-state index in [-0.39, 0.29) is 4.92 Å². The van der Waals surface area contributed by atoms with Crippen molar-refractivity contribution in [3.05, 3.63) is 10.1 Å². The molecule has 1 aliphatic rings. The summed E-state index contributed by atoms with van der Waals surface area (Å²) in [5.41, 5.74) is -0.848. The molecule has 0 aliphatic carbocycles. The van der Waals surface area contributed by atoms with Gasteiger partial charge < -0.3 is 4.90 Å². The van der Waals surface area contributed by atoms with Crippen LogP contribution in [-0.2, 0) is 0 Å². The Bertz CT molecular complexity index is 290. The molecule has 0 radical (unpaired) electrons. The Morgan fingerprint density at radius 2 is 1.95 bits per heavy atom. The molecular weight excluding hydrogens is 242 g/mol. The molecule has 5 heteroatoms. The lowest BCUT2D eigenvalue weighted by atomic mass is 9.97. The van der Waals surface area contributed by atoms with E-state index in [9.17, 15) is 10.1 Å². The maximum atomic E-state index is 11.1. The minimum atomic E-state index is -0.848. The van der Waals surface area contributed by atoms with Crippen molar-refractivity contribution in [3.8, 4) is 0 Å². The van der Waals surface area contributed by atoms with Crippen LogP contribution in [0, 0.1) is 10.1 Å². The zero-order chi connectivity index (χ0) is 14.5. The Balaban J connectivity index is 2.64. The molecule has 1 unspecified atom stereocenters. The van der Waals surface area contributed by atoms with Crippen LogP contribution in [0.25, 0.3) is 0 Å². The summed E-state index contributed by atoms with van der Waals surface area (Å²) in [6.45, 7) is 12.5. The summed E-state index contributed by atoms with van der Waals surface area (Å²) >= 11 is 0. The van der Waals surface area contributed by atoms with E-state index in [4.69, 9.17) is 0 Å². The van der Waals surface area contributed by atoms with Crippen molar-refractivity contribution >= 4 is 0 Å². The lowest BCUT2D eigenvalue weighted by molar-refractivity contribution is -0.561. The molecule has 1 aliphatic heterocycles. The van der Waals surface area contributed by atoms with Crippen molar-refractivity contribution in [2.45, 2.75) is 58.5 Å². The van der Waals surface area contributed by atoms with E-state index in [0.29, 0.717) is 12.6 Å². The van der Waals surface area contributed by atoms with Gasteiger partial charge >= 0.3 is 0 Å². The summed E-state index contributed by atoms with van der Waals surface area (Å²) in [6, 6.07) is 0.480. The van der Waals surface area contributed by atoms with E-state index < -0.39 is 5.54 Å². The first kappa shape index (κ1) is 16.4. The first-order valence-electron chi connectivity index (χ1n) is 7.51. The normalized spacial score (nSPS) is 21.8. The summed E-state index contributed by atoms with van der Waals surface area (Å²) in [4.78, 5) is 15.7. The highest BCUT2D eigenvalue weighted by Gasteiger charge is 2.36. The van der Waals surface area contributed by atoms with Crippen molar-refractivity contribution in [2.24, 2.45) is 0 Å². The second kappa shape index (κ2) is 7.20. The number of hydrogen-bond donors (Lipinski definition) is 0. The van der Waals surface area contributed by atoms with Crippen LogP contribution in [-0.4, -0.2) is 59.0 Å². The number of nitro groups is 1. The van der Waals surface area contributed by atoms with Crippen LogP contribution in [0.3, 0.4) is 0 Å². The average Bonchev–Trinajstić information content (AvgIpc) is 2.37. The van der Waals surface area contributed by atoms with Gasteiger partial charge in [0, 0.05) is 31.4 Å². The number of likely N-dealkylation sites (N-methyl/N-ethyl adjacent to an activating group) is 1. The van der Waals surface area contributed by atoms with E-state index >= 15 is 0 Å². The first-order valence-corrected chi connectivity index (χ1v) is 7.51. The number of rotatable bonds is 7. The Labute approximate surface area is 117 Å². The van der Waals surface area contributed by atoms with Gasteiger partial charge in [-0.3, -0.25) is 15.0 Å². The fourth-order valence-electron chi connectivity index (χ4n) is 2.81. The van der Waals surface area contributed by atoms with Crippen LogP contribution in [0.1, 0.15) is 47.0 Å². The zero-order valence-electron chi connectivity index (χ0n) is 12.9. The molecule has 1 rings (SSSR count). The predicted molar refractivity (Wildman–Crippen MR) is 78.1 cm³/mol. The van der Waals surface area contributed by atoms with Gasteiger partial charge in [0.25, 0.3) is 0 Å². The Hall–Kier alpha value is -0.680. The van der Waals surface area contributed by atoms with Gasteiger partial charge in [0.1, 0.15) is 0 Å². The molecule has 1 saturated heterocycles. The lowest BCUT2D eigenvalue weighted by Crippen LogP contribution is -2.53. The van der Waals surface area contributed by atoms with Crippen LogP contribution in [0.5, 0.6) is 0 Å². The van der Waals surface area contributed by atoms with Crippen molar-refractivity contribution in [1.29, 1.82) is 0 Å². The standard InChI is InChI=1S/C14H29N3O2/c1-5-15(6-2)11-13-9-7-8-10-16(13)12-14(3,4)17(18)19/h13H,5-12H2,1-4H3. The summed E-state index contributed by atoms with van der Waals surface area (Å²) in [5.74, 6) is 0. The van der Waals surface area contributed by atoms with Gasteiger partial charge in [-0.05, 0) is 32.5 Å². The van der Waals surface area contributed by atoms with Crippen LogP contribution < -0.4 is 0 Å². The zero-order valence-corrected chi connectivity index (χ0v) is 12.9. The topological polar surface area (TPSA) is 49.6 Å². The van der Waals surface area contributed by atoms with Gasteiger partial charge in [0.2, 0.25) is 5.54 Å². The fourth-order valence-corrected chi connectivity index (χ4v) is 2.81. The van der Waals surface area contributed by atoms with Crippen molar-refractivity contribution in [1.82, 2.24) is 9.80 Å². The highest BCUT2D eigenvalue weighted by atomic mass is 16.6. The minimum absolute atomic E-state index is 0.143. The number of hydrogen-bond acceptors (Lipinski definition) is 4. The Morgan fingerprint density at radius 1 is 1.32 bits per heavy atom. The van der Waals surface area contributed by atoms with E-state index in [1.165, 1.54) is 19.3 Å². The summed E-state index contributed by atoms with van der Waals surface area (Å²) in [7, 11) is 0. The molecule has 19 heavy (non-hydrogen) atoms. The molecule has 1 heterocycles. The first-order chi connectivity index (χ1) is 8.90. The van der Waals surface area contributed by atoms with E-state index in [1.54, 1.807) is 13.8 Å². The van der Waals surface area contributed by atoms with Crippen molar-refractivity contribution < 1.29 is 4.92 Å². The lowest BCUT2D eigenvalue weighted by Gasteiger charge is -2.39. The average molecular weight is 271 g/mol. The van der Waals surface area contributed by atoms with Crippen LogP contribution in [0.15, 0.2) is 0 Å². The highest BCUT2D eigenvalue weighted by molar-refractivity contribution is 4.84. The third kappa shape index (κ3) is 4.73. The summed E-state index contributed by atoms with van der Waals surface area (Å²) < 4.78 is 0. The van der Waals surface area contributed by atoms with Gasteiger partial charge in [-0.2, -0.15) is 0 Å². The molecule has 0 bridgehead atoms. The minimum Gasteiger partial charge on any atom is -0.302 e. The van der Waals surface area contributed by atoms with Gasteiger partial charge in [0.05, 0.1) is 6.54 Å². The SMILES string of the molecule is CCN(CC)CC1CCCCN1CC(C)(C)[N+](=O)[O-]. The molecule has 1 fully saturated rings. The maximum absolute atomic E-state index is 11.1. The number of likely N-dealkylation sites (tertiary alicyclic amines) is 1. The molecule has 0 aromatic heterocycles. The van der Waals surface area contributed by atoms with Crippen molar-refractivity contribution in [2.75, 3.05) is 32.7 Å². The molecule has 0 aromatic carbocycles. The predicted octanol–water partition coefficient (Wildman–Crippen LogP) is 2.24. The molecule has 0 saturated carbocycles. The molecule has 1 atom stereocenters. The van der Waals surface area contributed by atoms with E-state index in [2.05, 4.69) is 23.6 Å². The van der Waals surface area contributed by atoms with Crippen molar-refractivity contribution in [3.63, 3.8) is 0 Å². The van der Waals surface area contributed by atoms with Gasteiger partial charge in [-0.25, -0.2) is 0 Å². The van der Waals surface area contributed by atoms with Crippen LogP contribution in [0.4, 0.5) is 0 Å². The number of nitrogens with zero attached hydrogens (tertiary/aromatic N) is 3. The number of piperidine rings is 1. The molecule has 112 valence electrons. The molecular formula is C14H29N3O2. The Kier molecular flexibility index (Phi) is 6.20. The fraction of sp³-hybridized carbons (Fsp3) is 1.00. The molecule has 0 amide bonds. The van der Waals surface area contributed by atoms with Gasteiger partial charge in [-0.1, -0.05) is 20.3 Å². The summed E-state index contributed by atoms with van der Waals surface area (Å²) in [6.07, 6.45) is 3.59. The second-order valence-corrected chi connectivity index (χ2v) is 6.18. The largest absolute Gasteiger partial charge is 0.302 e. The third-order valence-corrected chi connectivity index (χ3v) is 4.20. The molecule has 0 N–H and O–H groups in total. The molecule has 5 nitrogen and oxygen atoms in total. The smallest absolute Gasteiger partial charge is 0.229 e. The maximum Gasteiger partial charge on any atom is 0.229 e. The van der Waals surface area contributed by atoms with Gasteiger partial charge in [-0.15, -0.1) is 0 Å². The highest BCUT2D eigenvalue weighted by Crippen LogP contribution is 2.21. The van der Waals surface area contributed by atoms with E-state index in [1.807, 2.05) is 0 Å². The third-order valence-electron chi connectivity index (χ3n) is 4.20. The molecule has 0 aromatic rings. The van der Waals surface area contributed by atoms with Crippen LogP contribution >= 0.6 is 0 Å². The second-order valence-electron chi connectivity index (χ2n) is 6.18.